The summed E-state index contributed by atoms with van der Waals surface area (Å²) in [6.45, 7) is 0. The molecular formula is H4NaO10P2-5. The van der Waals surface area contributed by atoms with E-state index in [-0.39, 0.29) is 40.5 Å². The molecule has 0 spiro atoms. The first-order valence-electron chi connectivity index (χ1n) is 1.46. The molecule has 4 N–H and O–H groups in total. The molecule has 13 heteroatoms. The molecule has 0 aliphatic heterocycles. The third-order valence-electron chi connectivity index (χ3n) is 0. The predicted octanol–water partition coefficient (Wildman–Crippen LogP) is -10.3. The Hall–Kier alpha value is 1.14. The Morgan fingerprint density at radius 2 is 0.615 bits per heavy atom. The van der Waals surface area contributed by atoms with Crippen LogP contribution in [-0.4, -0.2) is 11.0 Å². The van der Waals surface area contributed by atoms with Crippen molar-refractivity contribution in [1.82, 2.24) is 0 Å². The summed E-state index contributed by atoms with van der Waals surface area (Å²) in [4.78, 5) is 51.3. The molecule has 0 amide bonds. The van der Waals surface area contributed by atoms with Crippen LogP contribution in [-0.2, 0) is 9.13 Å². The standard InChI is InChI=1S/Na.2H3O4P.2H2O/c;2*1-5(2,3)4;;/h;2*(H3,1,2,3,4);2*1H2/q+1;;;;/p-6. The molecule has 0 aliphatic carbocycles. The largest absolute Gasteiger partial charge is 1.00 e. The molecule has 0 saturated carbocycles. The molecular weight excluding hydrogens is 245 g/mol. The van der Waals surface area contributed by atoms with Crippen LogP contribution in [0.15, 0.2) is 0 Å². The summed E-state index contributed by atoms with van der Waals surface area (Å²) in [6.07, 6.45) is 0. The zero-order valence-corrected chi connectivity index (χ0v) is 9.95. The number of hydrogen-bond acceptors (Lipinski definition) is 8. The number of hydrogen-bond donors (Lipinski definition) is 0. The zero-order chi connectivity index (χ0) is 9.00. The van der Waals surface area contributed by atoms with Crippen LogP contribution < -0.4 is 58.9 Å². The minimum Gasteiger partial charge on any atom is -0.822 e. The van der Waals surface area contributed by atoms with Gasteiger partial charge in [-0.15, -0.1) is 0 Å². The molecule has 0 rings (SSSR count). The minimum atomic E-state index is -5.39. The molecule has 13 heavy (non-hydrogen) atoms. The van der Waals surface area contributed by atoms with E-state index < -0.39 is 15.6 Å². The molecule has 0 unspecified atom stereocenters. The summed E-state index contributed by atoms with van der Waals surface area (Å²) in [5, 5.41) is 0. The van der Waals surface area contributed by atoms with Gasteiger partial charge in [-0.3, -0.25) is 0 Å². The molecule has 0 atom stereocenters. The monoisotopic (exact) mass is 249 g/mol. The molecule has 0 fully saturated rings. The van der Waals surface area contributed by atoms with Gasteiger partial charge in [0.2, 0.25) is 0 Å². The van der Waals surface area contributed by atoms with Crippen LogP contribution in [0.4, 0.5) is 0 Å². The maximum atomic E-state index is 8.55. The topological polar surface area (TPSA) is 236 Å². The Kier molecular flexibility index (Phi) is 25.2. The van der Waals surface area contributed by atoms with Crippen molar-refractivity contribution in [2.24, 2.45) is 0 Å². The molecule has 0 aliphatic rings. The first kappa shape index (κ1) is 29.2. The van der Waals surface area contributed by atoms with Gasteiger partial charge in [-0.05, 0) is 0 Å². The van der Waals surface area contributed by atoms with Crippen molar-refractivity contribution >= 4 is 15.6 Å². The van der Waals surface area contributed by atoms with Gasteiger partial charge in [-0.25, -0.2) is 0 Å². The maximum absolute atomic E-state index is 8.55. The van der Waals surface area contributed by atoms with Crippen molar-refractivity contribution in [2.45, 2.75) is 0 Å². The molecule has 0 bridgehead atoms. The van der Waals surface area contributed by atoms with Crippen LogP contribution in [0.1, 0.15) is 0 Å². The summed E-state index contributed by atoms with van der Waals surface area (Å²) >= 11 is 0. The van der Waals surface area contributed by atoms with Gasteiger partial charge < -0.3 is 49.4 Å². The van der Waals surface area contributed by atoms with Crippen molar-refractivity contribution < 1.29 is 79.0 Å². The summed E-state index contributed by atoms with van der Waals surface area (Å²) in [7, 11) is -10.8. The fourth-order valence-electron chi connectivity index (χ4n) is 0. The maximum Gasteiger partial charge on any atom is 1.00 e. The van der Waals surface area contributed by atoms with Crippen LogP contribution in [0, 0.1) is 0 Å². The molecule has 0 aromatic rings. The van der Waals surface area contributed by atoms with Crippen molar-refractivity contribution in [1.29, 1.82) is 0 Å². The second-order valence-electron chi connectivity index (χ2n) is 0.894. The smallest absolute Gasteiger partial charge is 0.822 e. The second kappa shape index (κ2) is 11.2. The van der Waals surface area contributed by atoms with E-state index in [0.717, 1.165) is 0 Å². The van der Waals surface area contributed by atoms with Gasteiger partial charge in [0.1, 0.15) is 0 Å². The van der Waals surface area contributed by atoms with Crippen LogP contribution in [0.3, 0.4) is 0 Å². The normalized spacial score (nSPS) is 9.08. The van der Waals surface area contributed by atoms with Crippen molar-refractivity contribution in [3.63, 3.8) is 0 Å². The molecule has 0 aromatic carbocycles. The van der Waals surface area contributed by atoms with E-state index in [1.807, 2.05) is 0 Å². The minimum absolute atomic E-state index is 0. The Morgan fingerprint density at radius 3 is 0.615 bits per heavy atom. The third kappa shape index (κ3) is 1250. The van der Waals surface area contributed by atoms with Gasteiger partial charge in [0.15, 0.2) is 0 Å². The molecule has 0 heterocycles. The third-order valence-corrected chi connectivity index (χ3v) is 0. The number of phosphoric acid groups is 2. The van der Waals surface area contributed by atoms with Gasteiger partial charge >= 0.3 is 29.6 Å². The Bertz CT molecular complexity index is 125. The average molecular weight is 249 g/mol. The van der Waals surface area contributed by atoms with Crippen LogP contribution in [0.25, 0.3) is 0 Å². The summed E-state index contributed by atoms with van der Waals surface area (Å²) in [5.41, 5.74) is 0. The zero-order valence-electron chi connectivity index (χ0n) is 6.16. The van der Waals surface area contributed by atoms with Gasteiger partial charge in [-0.1, -0.05) is 0 Å². The van der Waals surface area contributed by atoms with Gasteiger partial charge in [0, 0.05) is 0 Å². The second-order valence-corrected chi connectivity index (χ2v) is 2.68. The van der Waals surface area contributed by atoms with Gasteiger partial charge in [-0.2, -0.15) is 15.6 Å². The molecule has 0 radical (unpaired) electrons. The summed E-state index contributed by atoms with van der Waals surface area (Å²) < 4.78 is 17.1. The van der Waals surface area contributed by atoms with Crippen LogP contribution >= 0.6 is 15.6 Å². The first-order chi connectivity index (χ1) is 4.00. The average Bonchev–Trinajstić information content (AvgIpc) is 1.12. The fraction of sp³-hybridized carbons (Fsp3) is 0. The molecule has 0 saturated heterocycles. The van der Waals surface area contributed by atoms with Crippen molar-refractivity contribution in [3.05, 3.63) is 0 Å². The Labute approximate surface area is 94.6 Å². The van der Waals surface area contributed by atoms with Gasteiger partial charge in [0.05, 0.1) is 0 Å². The predicted molar refractivity (Wildman–Crippen MR) is 22.4 cm³/mol. The summed E-state index contributed by atoms with van der Waals surface area (Å²) in [6, 6.07) is 0. The molecule has 10 nitrogen and oxygen atoms in total. The fourth-order valence-corrected chi connectivity index (χ4v) is 0. The molecule has 80 valence electrons. The van der Waals surface area contributed by atoms with Crippen LogP contribution in [0.2, 0.25) is 0 Å². The Balaban J connectivity index is -0.0000000267. The number of rotatable bonds is 0. The van der Waals surface area contributed by atoms with E-state index in [2.05, 4.69) is 0 Å². The van der Waals surface area contributed by atoms with E-state index in [9.17, 15) is 0 Å². The van der Waals surface area contributed by atoms with Crippen molar-refractivity contribution in [3.8, 4) is 0 Å². The van der Waals surface area contributed by atoms with E-state index in [1.165, 1.54) is 0 Å². The van der Waals surface area contributed by atoms with Gasteiger partial charge in [0.25, 0.3) is 0 Å². The van der Waals surface area contributed by atoms with E-state index in [1.54, 1.807) is 0 Å². The first-order valence-corrected chi connectivity index (χ1v) is 4.38. The van der Waals surface area contributed by atoms with E-state index in [0.29, 0.717) is 0 Å². The molecule has 0 aromatic heterocycles. The van der Waals surface area contributed by atoms with Crippen molar-refractivity contribution in [2.75, 3.05) is 0 Å². The Morgan fingerprint density at radius 1 is 0.615 bits per heavy atom. The van der Waals surface area contributed by atoms with E-state index >= 15 is 0 Å². The van der Waals surface area contributed by atoms with E-state index in [4.69, 9.17) is 38.5 Å². The summed E-state index contributed by atoms with van der Waals surface area (Å²) in [5.74, 6) is 0. The quantitative estimate of drug-likeness (QED) is 0.294. The van der Waals surface area contributed by atoms with Crippen LogP contribution in [0.5, 0.6) is 0 Å². The SMILES string of the molecule is O.O.O=P([O-])([O-])[O-].O=P([O-])([O-])[O-].[Na+].